The molecule has 106 valence electrons. The Balaban J connectivity index is 2.01. The largest absolute Gasteiger partial charge is 0.358 e. The number of aryl methyl sites for hydroxylation is 2. The van der Waals surface area contributed by atoms with Crippen LogP contribution in [0.2, 0.25) is 0 Å². The molecule has 2 aromatic rings. The zero-order valence-electron chi connectivity index (χ0n) is 12.1. The van der Waals surface area contributed by atoms with Crippen LogP contribution in [-0.4, -0.2) is 42.0 Å². The summed E-state index contributed by atoms with van der Waals surface area (Å²) >= 11 is 0. The van der Waals surface area contributed by atoms with E-state index in [4.69, 9.17) is 0 Å². The predicted molar refractivity (Wildman–Crippen MR) is 81.2 cm³/mol. The second-order valence-corrected chi connectivity index (χ2v) is 5.57. The van der Waals surface area contributed by atoms with E-state index >= 15 is 0 Å². The van der Waals surface area contributed by atoms with Gasteiger partial charge in [-0.1, -0.05) is 11.6 Å². The number of aromatic nitrogens is 1. The highest BCUT2D eigenvalue weighted by Crippen LogP contribution is 2.24. The van der Waals surface area contributed by atoms with Crippen molar-refractivity contribution in [1.82, 2.24) is 15.2 Å². The lowest BCUT2D eigenvalue weighted by Crippen LogP contribution is -2.34. The maximum absolute atomic E-state index is 12.8. The van der Waals surface area contributed by atoms with E-state index in [9.17, 15) is 4.79 Å². The number of aromatic amines is 1. The van der Waals surface area contributed by atoms with Crippen LogP contribution in [0.15, 0.2) is 18.2 Å². The Kier molecular flexibility index (Phi) is 3.49. The number of carbonyl (C=O) groups excluding carboxylic acids is 1. The third kappa shape index (κ3) is 2.31. The van der Waals surface area contributed by atoms with Crippen molar-refractivity contribution < 1.29 is 4.79 Å². The van der Waals surface area contributed by atoms with Crippen LogP contribution in [0, 0.1) is 13.8 Å². The fourth-order valence-corrected chi connectivity index (χ4v) is 2.92. The Morgan fingerprint density at radius 3 is 2.90 bits per heavy atom. The van der Waals surface area contributed by atoms with E-state index < -0.39 is 0 Å². The van der Waals surface area contributed by atoms with Crippen LogP contribution < -0.4 is 5.32 Å². The number of hydrogen-bond donors (Lipinski definition) is 2. The highest BCUT2D eigenvalue weighted by atomic mass is 16.2. The average molecular weight is 271 g/mol. The number of benzene rings is 1. The lowest BCUT2D eigenvalue weighted by molar-refractivity contribution is 0.0767. The molecule has 0 atom stereocenters. The molecule has 1 aliphatic heterocycles. The zero-order chi connectivity index (χ0) is 14.1. The van der Waals surface area contributed by atoms with E-state index in [1.54, 1.807) is 0 Å². The summed E-state index contributed by atoms with van der Waals surface area (Å²) in [4.78, 5) is 18.1. The van der Waals surface area contributed by atoms with Gasteiger partial charge in [-0.2, -0.15) is 0 Å². The van der Waals surface area contributed by atoms with Crippen LogP contribution >= 0.6 is 0 Å². The topological polar surface area (TPSA) is 48.1 Å². The third-order valence-corrected chi connectivity index (χ3v) is 3.98. The van der Waals surface area contributed by atoms with Gasteiger partial charge in [0.1, 0.15) is 0 Å². The molecule has 0 bridgehead atoms. The minimum atomic E-state index is 0.156. The molecule has 20 heavy (non-hydrogen) atoms. The van der Waals surface area contributed by atoms with Gasteiger partial charge in [0.15, 0.2) is 0 Å². The normalized spacial score (nSPS) is 16.4. The molecule has 4 nitrogen and oxygen atoms in total. The van der Waals surface area contributed by atoms with E-state index in [2.05, 4.69) is 35.4 Å². The van der Waals surface area contributed by atoms with Crippen LogP contribution in [-0.2, 0) is 0 Å². The number of hydrogen-bond acceptors (Lipinski definition) is 2. The van der Waals surface area contributed by atoms with Crippen LogP contribution in [0.25, 0.3) is 10.9 Å². The lowest BCUT2D eigenvalue weighted by Gasteiger charge is -2.20. The van der Waals surface area contributed by atoms with Gasteiger partial charge in [-0.15, -0.1) is 0 Å². The van der Waals surface area contributed by atoms with E-state index in [1.807, 2.05) is 11.8 Å². The Morgan fingerprint density at radius 2 is 2.05 bits per heavy atom. The molecule has 0 spiro atoms. The summed E-state index contributed by atoms with van der Waals surface area (Å²) in [5, 5.41) is 4.38. The molecule has 1 aliphatic rings. The van der Waals surface area contributed by atoms with Gasteiger partial charge in [0.25, 0.3) is 5.91 Å². The zero-order valence-corrected chi connectivity index (χ0v) is 12.1. The first-order valence-electron chi connectivity index (χ1n) is 7.26. The molecule has 0 unspecified atom stereocenters. The maximum atomic E-state index is 12.8. The highest BCUT2D eigenvalue weighted by molar-refractivity contribution is 6.08. The predicted octanol–water partition coefficient (Wildman–Crippen LogP) is 2.22. The summed E-state index contributed by atoms with van der Waals surface area (Å²) in [5.41, 5.74) is 4.03. The molecule has 4 heteroatoms. The van der Waals surface area contributed by atoms with Crippen molar-refractivity contribution in [1.29, 1.82) is 0 Å². The Morgan fingerprint density at radius 1 is 1.20 bits per heavy atom. The molecule has 1 aromatic heterocycles. The summed E-state index contributed by atoms with van der Waals surface area (Å²) in [5.74, 6) is 0.156. The fourth-order valence-electron chi connectivity index (χ4n) is 2.92. The molecule has 0 saturated carbocycles. The Labute approximate surface area is 119 Å². The van der Waals surface area contributed by atoms with E-state index in [-0.39, 0.29) is 5.91 Å². The summed E-state index contributed by atoms with van der Waals surface area (Å²) in [7, 11) is 0. The fraction of sp³-hybridized carbons (Fsp3) is 0.438. The monoisotopic (exact) mass is 271 g/mol. The SMILES string of the molecule is Cc1ccc2[nH]c(C)c(C(=O)N3CCCNCC3)c2c1. The van der Waals surface area contributed by atoms with Crippen molar-refractivity contribution in [2.75, 3.05) is 26.2 Å². The van der Waals surface area contributed by atoms with Crippen molar-refractivity contribution >= 4 is 16.8 Å². The minimum Gasteiger partial charge on any atom is -0.358 e. The quantitative estimate of drug-likeness (QED) is 0.835. The van der Waals surface area contributed by atoms with Gasteiger partial charge < -0.3 is 15.2 Å². The van der Waals surface area contributed by atoms with Gasteiger partial charge in [0, 0.05) is 36.2 Å². The number of carbonyl (C=O) groups is 1. The molecular formula is C16H21N3O. The van der Waals surface area contributed by atoms with E-state index in [1.165, 1.54) is 5.56 Å². The second-order valence-electron chi connectivity index (χ2n) is 5.57. The number of H-pyrrole nitrogens is 1. The first-order chi connectivity index (χ1) is 9.66. The Bertz CT molecular complexity index is 636. The molecule has 3 rings (SSSR count). The summed E-state index contributed by atoms with van der Waals surface area (Å²) < 4.78 is 0. The molecule has 2 N–H and O–H groups in total. The van der Waals surface area contributed by atoms with Crippen molar-refractivity contribution in [3.8, 4) is 0 Å². The van der Waals surface area contributed by atoms with Gasteiger partial charge in [-0.25, -0.2) is 0 Å². The highest BCUT2D eigenvalue weighted by Gasteiger charge is 2.22. The van der Waals surface area contributed by atoms with E-state index in [0.717, 1.165) is 54.8 Å². The maximum Gasteiger partial charge on any atom is 0.256 e. The molecule has 1 fully saturated rings. The van der Waals surface area contributed by atoms with Crippen molar-refractivity contribution in [3.05, 3.63) is 35.0 Å². The van der Waals surface area contributed by atoms with Crippen molar-refractivity contribution in [2.45, 2.75) is 20.3 Å². The van der Waals surface area contributed by atoms with Crippen LogP contribution in [0.1, 0.15) is 28.0 Å². The van der Waals surface area contributed by atoms with Gasteiger partial charge in [-0.05, 0) is 38.9 Å². The second kappa shape index (κ2) is 5.29. The average Bonchev–Trinajstić information content (AvgIpc) is 2.63. The molecule has 1 saturated heterocycles. The summed E-state index contributed by atoms with van der Waals surface area (Å²) in [6.45, 7) is 7.55. The van der Waals surface area contributed by atoms with Crippen LogP contribution in [0.5, 0.6) is 0 Å². The number of nitrogens with zero attached hydrogens (tertiary/aromatic N) is 1. The van der Waals surface area contributed by atoms with Crippen LogP contribution in [0.3, 0.4) is 0 Å². The minimum absolute atomic E-state index is 0.156. The first-order valence-corrected chi connectivity index (χ1v) is 7.26. The van der Waals surface area contributed by atoms with Crippen molar-refractivity contribution in [2.24, 2.45) is 0 Å². The summed E-state index contributed by atoms with van der Waals surface area (Å²) in [6, 6.07) is 6.23. The van der Waals surface area contributed by atoms with Gasteiger partial charge in [-0.3, -0.25) is 4.79 Å². The number of amides is 1. The van der Waals surface area contributed by atoms with E-state index in [0.29, 0.717) is 0 Å². The standard InChI is InChI=1S/C16H21N3O/c1-11-4-5-14-13(10-11)15(12(2)18-14)16(20)19-8-3-6-17-7-9-19/h4-5,10,17-18H,3,6-9H2,1-2H3. The van der Waals surface area contributed by atoms with Gasteiger partial charge in [0.05, 0.1) is 5.56 Å². The molecule has 2 heterocycles. The molecule has 0 radical (unpaired) electrons. The first kappa shape index (κ1) is 13.2. The molecular weight excluding hydrogens is 250 g/mol. The molecule has 1 amide bonds. The number of fused-ring (bicyclic) bond motifs is 1. The number of rotatable bonds is 1. The van der Waals surface area contributed by atoms with Gasteiger partial charge >= 0.3 is 0 Å². The summed E-state index contributed by atoms with van der Waals surface area (Å²) in [6.07, 6.45) is 1.02. The smallest absolute Gasteiger partial charge is 0.256 e. The number of nitrogens with one attached hydrogen (secondary N) is 2. The Hall–Kier alpha value is -1.81. The van der Waals surface area contributed by atoms with Crippen LogP contribution in [0.4, 0.5) is 0 Å². The van der Waals surface area contributed by atoms with Gasteiger partial charge in [0.2, 0.25) is 0 Å². The third-order valence-electron chi connectivity index (χ3n) is 3.98. The molecule has 1 aromatic carbocycles. The van der Waals surface area contributed by atoms with Crippen molar-refractivity contribution in [3.63, 3.8) is 0 Å². The molecule has 0 aliphatic carbocycles. The lowest BCUT2D eigenvalue weighted by atomic mass is 10.1.